The summed E-state index contributed by atoms with van der Waals surface area (Å²) in [5, 5.41) is 10.1. The van der Waals surface area contributed by atoms with Crippen molar-refractivity contribution in [1.82, 2.24) is 20.1 Å². The normalized spacial score (nSPS) is 15.1. The van der Waals surface area contributed by atoms with Gasteiger partial charge in [-0.05, 0) is 49.4 Å². The quantitative estimate of drug-likeness (QED) is 0.240. The maximum Gasteiger partial charge on any atom is 0.276 e. The van der Waals surface area contributed by atoms with Crippen LogP contribution in [0.25, 0.3) is 21.7 Å². The molecule has 1 aliphatic heterocycles. The van der Waals surface area contributed by atoms with Crippen molar-refractivity contribution in [3.63, 3.8) is 0 Å². The zero-order chi connectivity index (χ0) is 21.0. The average molecular weight is 516 g/mol. The van der Waals surface area contributed by atoms with Crippen LogP contribution in [0.5, 0.6) is 0 Å². The summed E-state index contributed by atoms with van der Waals surface area (Å²) in [7, 11) is 0. The lowest BCUT2D eigenvalue weighted by Crippen LogP contribution is -2.46. The maximum absolute atomic E-state index is 5.79. The van der Waals surface area contributed by atoms with Crippen LogP contribution in [0.4, 0.5) is 5.13 Å². The van der Waals surface area contributed by atoms with Crippen LogP contribution in [-0.2, 0) is 0 Å². The molecule has 5 rings (SSSR count). The number of nitrogens with zero attached hydrogens (tertiary/aromatic N) is 5. The van der Waals surface area contributed by atoms with E-state index in [1.807, 2.05) is 24.3 Å². The Labute approximate surface area is 197 Å². The van der Waals surface area contributed by atoms with Crippen molar-refractivity contribution in [3.8, 4) is 11.5 Å². The molecule has 0 amide bonds. The zero-order valence-electron chi connectivity index (χ0n) is 16.9. The minimum atomic E-state index is 0.570. The van der Waals surface area contributed by atoms with Gasteiger partial charge in [0.25, 0.3) is 5.22 Å². The molecule has 0 radical (unpaired) electrons. The van der Waals surface area contributed by atoms with Crippen LogP contribution in [0.3, 0.4) is 0 Å². The lowest BCUT2D eigenvalue weighted by Gasteiger charge is -2.34. The molecule has 0 N–H and O–H groups in total. The Hall–Kier alpha value is -1.94. The lowest BCUT2D eigenvalue weighted by molar-refractivity contribution is 0.259. The second-order valence-corrected chi connectivity index (χ2v) is 10.3. The van der Waals surface area contributed by atoms with Crippen LogP contribution >= 0.6 is 39.0 Å². The lowest BCUT2D eigenvalue weighted by atomic mass is 10.2. The second-order valence-electron chi connectivity index (χ2n) is 7.37. The number of benzene rings is 2. The Balaban J connectivity index is 1.05. The van der Waals surface area contributed by atoms with Gasteiger partial charge >= 0.3 is 0 Å². The number of halogens is 1. The third-order valence-electron chi connectivity index (χ3n) is 5.27. The second kappa shape index (κ2) is 9.68. The maximum atomic E-state index is 5.79. The summed E-state index contributed by atoms with van der Waals surface area (Å²) < 4.78 is 8.09. The molecule has 0 atom stereocenters. The first kappa shape index (κ1) is 20.9. The van der Waals surface area contributed by atoms with Gasteiger partial charge in [0.2, 0.25) is 5.89 Å². The van der Waals surface area contributed by atoms with Gasteiger partial charge in [-0.2, -0.15) is 0 Å². The van der Waals surface area contributed by atoms with Crippen LogP contribution < -0.4 is 4.90 Å². The molecule has 0 unspecified atom stereocenters. The highest BCUT2D eigenvalue weighted by Gasteiger charge is 2.19. The third kappa shape index (κ3) is 5.11. The highest BCUT2D eigenvalue weighted by molar-refractivity contribution is 9.10. The van der Waals surface area contributed by atoms with Gasteiger partial charge in [-0.1, -0.05) is 51.2 Å². The van der Waals surface area contributed by atoms with Gasteiger partial charge in [-0.3, -0.25) is 4.90 Å². The van der Waals surface area contributed by atoms with Crippen molar-refractivity contribution in [2.45, 2.75) is 11.6 Å². The highest BCUT2D eigenvalue weighted by Crippen LogP contribution is 2.29. The van der Waals surface area contributed by atoms with Crippen LogP contribution in [0, 0.1) is 0 Å². The number of fused-ring (bicyclic) bond motifs is 1. The molecule has 0 aliphatic carbocycles. The van der Waals surface area contributed by atoms with Crippen LogP contribution in [-0.4, -0.2) is 58.6 Å². The molecular formula is C22H22BrN5OS2. The fourth-order valence-electron chi connectivity index (χ4n) is 3.58. The minimum Gasteiger partial charge on any atom is -0.411 e. The first-order chi connectivity index (χ1) is 15.2. The number of thiazole rings is 1. The van der Waals surface area contributed by atoms with Crippen molar-refractivity contribution in [2.75, 3.05) is 43.4 Å². The van der Waals surface area contributed by atoms with Crippen molar-refractivity contribution < 1.29 is 4.42 Å². The Morgan fingerprint density at radius 3 is 2.61 bits per heavy atom. The fraction of sp³-hybridized carbons (Fsp3) is 0.318. The van der Waals surface area contributed by atoms with E-state index >= 15 is 0 Å². The molecule has 0 bridgehead atoms. The topological polar surface area (TPSA) is 58.3 Å². The molecule has 31 heavy (non-hydrogen) atoms. The molecule has 6 nitrogen and oxygen atoms in total. The van der Waals surface area contributed by atoms with Crippen molar-refractivity contribution in [1.29, 1.82) is 0 Å². The van der Waals surface area contributed by atoms with Gasteiger partial charge < -0.3 is 9.32 Å². The van der Waals surface area contributed by atoms with Gasteiger partial charge in [0.15, 0.2) is 5.13 Å². The van der Waals surface area contributed by atoms with E-state index in [9.17, 15) is 0 Å². The van der Waals surface area contributed by atoms with Gasteiger partial charge in [-0.15, -0.1) is 10.2 Å². The number of rotatable bonds is 7. The highest BCUT2D eigenvalue weighted by atomic mass is 79.9. The van der Waals surface area contributed by atoms with Crippen molar-refractivity contribution in [3.05, 3.63) is 53.0 Å². The summed E-state index contributed by atoms with van der Waals surface area (Å²) in [5.41, 5.74) is 2.04. The standard InChI is InChI=1S/C22H22BrN5OS2/c23-17-8-6-16(7-9-17)20-25-26-22(29-20)30-15-3-10-27-11-13-28(14-12-27)21-24-18-4-1-2-5-19(18)31-21/h1-2,4-9H,3,10-15H2. The van der Waals surface area contributed by atoms with E-state index in [0.29, 0.717) is 11.1 Å². The number of hydrogen-bond donors (Lipinski definition) is 0. The smallest absolute Gasteiger partial charge is 0.276 e. The van der Waals surface area contributed by atoms with E-state index in [4.69, 9.17) is 9.40 Å². The summed E-state index contributed by atoms with van der Waals surface area (Å²) in [6.07, 6.45) is 1.10. The van der Waals surface area contributed by atoms with E-state index < -0.39 is 0 Å². The number of hydrogen-bond acceptors (Lipinski definition) is 8. The molecule has 1 fully saturated rings. The molecule has 2 aromatic heterocycles. The Kier molecular flexibility index (Phi) is 6.54. The molecule has 0 spiro atoms. The molecule has 0 saturated carbocycles. The summed E-state index contributed by atoms with van der Waals surface area (Å²) in [4.78, 5) is 9.74. The molecule has 1 aliphatic rings. The van der Waals surface area contributed by atoms with Gasteiger partial charge in [0.05, 0.1) is 10.2 Å². The summed E-state index contributed by atoms with van der Waals surface area (Å²) in [6.45, 7) is 5.32. The molecule has 160 valence electrons. The predicted octanol–water partition coefficient (Wildman–Crippen LogP) is 5.41. The Morgan fingerprint density at radius 2 is 1.81 bits per heavy atom. The summed E-state index contributed by atoms with van der Waals surface area (Å²) >= 11 is 6.87. The number of thioether (sulfide) groups is 1. The van der Waals surface area contributed by atoms with Crippen molar-refractivity contribution >= 4 is 54.4 Å². The predicted molar refractivity (Wildman–Crippen MR) is 131 cm³/mol. The molecule has 1 saturated heterocycles. The first-order valence-electron chi connectivity index (χ1n) is 10.3. The monoisotopic (exact) mass is 515 g/mol. The molecule has 4 aromatic rings. The largest absolute Gasteiger partial charge is 0.411 e. The van der Waals surface area contributed by atoms with E-state index in [-0.39, 0.29) is 0 Å². The third-order valence-corrected chi connectivity index (χ3v) is 7.80. The minimum absolute atomic E-state index is 0.570. The molecule has 2 aromatic carbocycles. The fourth-order valence-corrected chi connectivity index (χ4v) is 5.55. The van der Waals surface area contributed by atoms with E-state index in [0.717, 1.165) is 65.6 Å². The average Bonchev–Trinajstić information content (AvgIpc) is 3.45. The van der Waals surface area contributed by atoms with Crippen LogP contribution in [0.1, 0.15) is 6.42 Å². The first-order valence-corrected chi connectivity index (χ1v) is 12.9. The zero-order valence-corrected chi connectivity index (χ0v) is 20.1. The number of anilines is 1. The number of piperazine rings is 1. The van der Waals surface area contributed by atoms with Gasteiger partial charge in [0, 0.05) is 42.0 Å². The van der Waals surface area contributed by atoms with Gasteiger partial charge in [-0.25, -0.2) is 4.98 Å². The Bertz CT molecular complexity index is 1110. The SMILES string of the molecule is Brc1ccc(-c2nnc(SCCCN3CCN(c4nc5ccccc5s4)CC3)o2)cc1. The van der Waals surface area contributed by atoms with E-state index in [2.05, 4.69) is 60.2 Å². The number of para-hydroxylation sites is 1. The summed E-state index contributed by atoms with van der Waals surface area (Å²) in [5.74, 6) is 1.54. The van der Waals surface area contributed by atoms with E-state index in [1.165, 1.54) is 4.70 Å². The molecule has 9 heteroatoms. The van der Waals surface area contributed by atoms with Crippen molar-refractivity contribution in [2.24, 2.45) is 0 Å². The van der Waals surface area contributed by atoms with Crippen LogP contribution in [0.2, 0.25) is 0 Å². The molecular weight excluding hydrogens is 494 g/mol. The Morgan fingerprint density at radius 1 is 1.00 bits per heavy atom. The van der Waals surface area contributed by atoms with Crippen LogP contribution in [0.15, 0.2) is 62.6 Å². The van der Waals surface area contributed by atoms with Gasteiger partial charge in [0.1, 0.15) is 0 Å². The molecule has 3 heterocycles. The van der Waals surface area contributed by atoms with E-state index in [1.54, 1.807) is 23.1 Å². The number of aromatic nitrogens is 3. The summed E-state index contributed by atoms with van der Waals surface area (Å²) in [6, 6.07) is 16.3.